The average Bonchev–Trinajstić information content (AvgIpc) is 3.07. The molecular weight excluding hydrogens is 405 g/mol. The molecule has 3 aromatic rings. The molecule has 1 aromatic heterocycles. The molecule has 0 unspecified atom stereocenters. The van der Waals surface area contributed by atoms with Crippen LogP contribution in [0.25, 0.3) is 11.1 Å². The fraction of sp³-hybridized carbons (Fsp3) is 0.318. The zero-order chi connectivity index (χ0) is 21.5. The standard InChI is InChI=1S/C22H24FN3O3S/c1-15-4-5-18(22-16(2)24-29-17(22)3)14-21(15)30(27,28)26-12-10-25(11-13-26)20-8-6-19(23)7-9-20/h4-9,14H,10-13H2,1-3H3. The first-order valence-corrected chi connectivity index (χ1v) is 11.3. The first kappa shape index (κ1) is 20.6. The molecule has 8 heteroatoms. The number of aromatic nitrogens is 1. The zero-order valence-electron chi connectivity index (χ0n) is 17.2. The quantitative estimate of drug-likeness (QED) is 0.629. The Hall–Kier alpha value is -2.71. The van der Waals surface area contributed by atoms with Crippen molar-refractivity contribution in [1.29, 1.82) is 0 Å². The zero-order valence-corrected chi connectivity index (χ0v) is 18.0. The Bertz CT molecular complexity index is 1150. The highest BCUT2D eigenvalue weighted by Crippen LogP contribution is 2.31. The molecule has 1 aliphatic heterocycles. The molecule has 0 bridgehead atoms. The monoisotopic (exact) mass is 429 g/mol. The molecule has 0 radical (unpaired) electrons. The van der Waals surface area contributed by atoms with Gasteiger partial charge in [-0.3, -0.25) is 0 Å². The molecule has 6 nitrogen and oxygen atoms in total. The van der Waals surface area contributed by atoms with Gasteiger partial charge in [0.25, 0.3) is 0 Å². The van der Waals surface area contributed by atoms with E-state index in [4.69, 9.17) is 4.52 Å². The van der Waals surface area contributed by atoms with Crippen LogP contribution < -0.4 is 4.90 Å². The third kappa shape index (κ3) is 3.73. The predicted octanol–water partition coefficient (Wildman–Crippen LogP) is 3.92. The molecule has 1 aliphatic rings. The summed E-state index contributed by atoms with van der Waals surface area (Å²) in [6.07, 6.45) is 0. The minimum Gasteiger partial charge on any atom is -0.369 e. The molecule has 30 heavy (non-hydrogen) atoms. The van der Waals surface area contributed by atoms with Gasteiger partial charge in [-0.2, -0.15) is 4.31 Å². The molecule has 1 saturated heterocycles. The van der Waals surface area contributed by atoms with Gasteiger partial charge in [-0.15, -0.1) is 0 Å². The fourth-order valence-corrected chi connectivity index (χ4v) is 5.58. The number of aryl methyl sites for hydroxylation is 3. The molecule has 2 heterocycles. The molecule has 0 atom stereocenters. The van der Waals surface area contributed by atoms with Gasteiger partial charge in [0.2, 0.25) is 10.0 Å². The van der Waals surface area contributed by atoms with E-state index in [0.29, 0.717) is 42.4 Å². The molecule has 0 N–H and O–H groups in total. The topological polar surface area (TPSA) is 66.7 Å². The van der Waals surface area contributed by atoms with Gasteiger partial charge >= 0.3 is 0 Å². The van der Waals surface area contributed by atoms with Gasteiger partial charge in [0.15, 0.2) is 0 Å². The predicted molar refractivity (Wildman–Crippen MR) is 114 cm³/mol. The van der Waals surface area contributed by atoms with E-state index in [1.165, 1.54) is 16.4 Å². The lowest BCUT2D eigenvalue weighted by Crippen LogP contribution is -2.48. The number of benzene rings is 2. The van der Waals surface area contributed by atoms with Crippen molar-refractivity contribution in [1.82, 2.24) is 9.46 Å². The van der Waals surface area contributed by atoms with Gasteiger partial charge in [-0.25, -0.2) is 12.8 Å². The summed E-state index contributed by atoms with van der Waals surface area (Å²) in [7, 11) is -3.65. The van der Waals surface area contributed by atoms with Crippen LogP contribution in [0.2, 0.25) is 0 Å². The second-order valence-electron chi connectivity index (χ2n) is 7.55. The maximum Gasteiger partial charge on any atom is 0.243 e. The van der Waals surface area contributed by atoms with E-state index in [-0.39, 0.29) is 5.82 Å². The number of rotatable bonds is 4. The van der Waals surface area contributed by atoms with Crippen LogP contribution in [0.4, 0.5) is 10.1 Å². The van der Waals surface area contributed by atoms with Crippen molar-refractivity contribution in [2.45, 2.75) is 25.7 Å². The van der Waals surface area contributed by atoms with Crippen molar-refractivity contribution < 1.29 is 17.3 Å². The molecular formula is C22H24FN3O3S. The maximum atomic E-state index is 13.4. The van der Waals surface area contributed by atoms with E-state index >= 15 is 0 Å². The summed E-state index contributed by atoms with van der Waals surface area (Å²) < 4.78 is 46.7. The summed E-state index contributed by atoms with van der Waals surface area (Å²) in [5.74, 6) is 0.376. The summed E-state index contributed by atoms with van der Waals surface area (Å²) >= 11 is 0. The minimum absolute atomic E-state index is 0.284. The summed E-state index contributed by atoms with van der Waals surface area (Å²) in [4.78, 5) is 2.37. The van der Waals surface area contributed by atoms with Crippen LogP contribution in [0.15, 0.2) is 51.9 Å². The van der Waals surface area contributed by atoms with Gasteiger partial charge in [-0.05, 0) is 62.2 Å². The van der Waals surface area contributed by atoms with Gasteiger partial charge in [-0.1, -0.05) is 17.3 Å². The first-order valence-electron chi connectivity index (χ1n) is 9.82. The molecule has 158 valence electrons. The van der Waals surface area contributed by atoms with Crippen LogP contribution in [0, 0.1) is 26.6 Å². The van der Waals surface area contributed by atoms with Gasteiger partial charge in [0.1, 0.15) is 11.6 Å². The summed E-state index contributed by atoms with van der Waals surface area (Å²) in [5.41, 5.74) is 3.93. The Morgan fingerprint density at radius 1 is 0.967 bits per heavy atom. The van der Waals surface area contributed by atoms with Gasteiger partial charge in [0.05, 0.1) is 10.6 Å². The number of sulfonamides is 1. The molecule has 0 spiro atoms. The van der Waals surface area contributed by atoms with Crippen molar-refractivity contribution >= 4 is 15.7 Å². The Labute approximate surface area is 176 Å². The highest BCUT2D eigenvalue weighted by Gasteiger charge is 2.30. The maximum absolute atomic E-state index is 13.4. The van der Waals surface area contributed by atoms with Crippen molar-refractivity contribution in [2.24, 2.45) is 0 Å². The minimum atomic E-state index is -3.65. The number of halogens is 1. The summed E-state index contributed by atoms with van der Waals surface area (Å²) in [5, 5.41) is 3.98. The van der Waals surface area contributed by atoms with Crippen LogP contribution in [0.5, 0.6) is 0 Å². The second kappa shape index (κ2) is 7.85. The van der Waals surface area contributed by atoms with Gasteiger partial charge < -0.3 is 9.42 Å². The van der Waals surface area contributed by atoms with Gasteiger partial charge in [0, 0.05) is 37.4 Å². The number of anilines is 1. The Kier molecular flexibility index (Phi) is 5.38. The van der Waals surface area contributed by atoms with Crippen molar-refractivity contribution in [3.8, 4) is 11.1 Å². The van der Waals surface area contributed by atoms with E-state index < -0.39 is 10.0 Å². The third-order valence-corrected chi connectivity index (χ3v) is 7.60. The van der Waals surface area contributed by atoms with Crippen molar-refractivity contribution in [2.75, 3.05) is 31.1 Å². The van der Waals surface area contributed by atoms with Crippen LogP contribution in [0.1, 0.15) is 17.0 Å². The van der Waals surface area contributed by atoms with E-state index in [1.54, 1.807) is 25.1 Å². The summed E-state index contributed by atoms with van der Waals surface area (Å²) in [6.45, 7) is 7.30. The molecule has 1 fully saturated rings. The van der Waals surface area contributed by atoms with Crippen LogP contribution in [-0.2, 0) is 10.0 Å². The van der Waals surface area contributed by atoms with E-state index in [9.17, 15) is 12.8 Å². The number of nitrogens with zero attached hydrogens (tertiary/aromatic N) is 3. The largest absolute Gasteiger partial charge is 0.369 e. The van der Waals surface area contributed by atoms with Crippen molar-refractivity contribution in [3.05, 3.63) is 65.3 Å². The van der Waals surface area contributed by atoms with Crippen LogP contribution in [0.3, 0.4) is 0 Å². The Morgan fingerprint density at radius 2 is 1.63 bits per heavy atom. The van der Waals surface area contributed by atoms with Crippen LogP contribution in [-0.4, -0.2) is 44.1 Å². The first-order chi connectivity index (χ1) is 14.3. The van der Waals surface area contributed by atoms with E-state index in [2.05, 4.69) is 10.1 Å². The molecule has 2 aromatic carbocycles. The van der Waals surface area contributed by atoms with Crippen LogP contribution >= 0.6 is 0 Å². The SMILES string of the molecule is Cc1ccc(-c2c(C)noc2C)cc1S(=O)(=O)N1CCN(c2ccc(F)cc2)CC1. The number of hydrogen-bond acceptors (Lipinski definition) is 5. The van der Waals surface area contributed by atoms with E-state index in [1.807, 2.05) is 26.0 Å². The normalized spacial score (nSPS) is 15.5. The lowest BCUT2D eigenvalue weighted by Gasteiger charge is -2.35. The molecule has 4 rings (SSSR count). The Morgan fingerprint density at radius 3 is 2.23 bits per heavy atom. The number of piperazine rings is 1. The lowest BCUT2D eigenvalue weighted by atomic mass is 10.0. The number of hydrogen-bond donors (Lipinski definition) is 0. The highest BCUT2D eigenvalue weighted by atomic mass is 32.2. The highest BCUT2D eigenvalue weighted by molar-refractivity contribution is 7.89. The lowest BCUT2D eigenvalue weighted by molar-refractivity contribution is 0.384. The Balaban J connectivity index is 1.58. The summed E-state index contributed by atoms with van der Waals surface area (Å²) in [6, 6.07) is 11.7. The molecule has 0 amide bonds. The van der Waals surface area contributed by atoms with E-state index in [0.717, 1.165) is 22.5 Å². The van der Waals surface area contributed by atoms with Crippen molar-refractivity contribution in [3.63, 3.8) is 0 Å². The fourth-order valence-electron chi connectivity index (χ4n) is 3.91. The smallest absolute Gasteiger partial charge is 0.243 e. The second-order valence-corrected chi connectivity index (χ2v) is 9.45. The average molecular weight is 430 g/mol. The molecule has 0 aliphatic carbocycles. The third-order valence-electron chi connectivity index (χ3n) is 5.56. The molecule has 0 saturated carbocycles.